The van der Waals surface area contributed by atoms with Crippen LogP contribution in [0.25, 0.3) is 0 Å². The van der Waals surface area contributed by atoms with Crippen LogP contribution in [0.3, 0.4) is 0 Å². The first-order valence-corrected chi connectivity index (χ1v) is 17.6. The van der Waals surface area contributed by atoms with E-state index < -0.39 is 8.56 Å². The van der Waals surface area contributed by atoms with E-state index in [1.807, 2.05) is 0 Å². The Hall–Kier alpha value is -4.02. The van der Waals surface area contributed by atoms with Crippen molar-refractivity contribution >= 4 is 25.6 Å². The normalized spacial score (nSPS) is 18.0. The minimum Gasteiger partial charge on any atom is -0.337 e. The van der Waals surface area contributed by atoms with E-state index in [0.29, 0.717) is 5.54 Å². The van der Waals surface area contributed by atoms with Gasteiger partial charge in [0.1, 0.15) is 0 Å². The minimum absolute atomic E-state index is 0.363. The van der Waals surface area contributed by atoms with Crippen LogP contribution in [0.4, 0.5) is 17.1 Å². The van der Waals surface area contributed by atoms with E-state index in [4.69, 9.17) is 0 Å². The molecule has 0 bridgehead atoms. The van der Waals surface area contributed by atoms with Crippen molar-refractivity contribution < 1.29 is 0 Å². The Morgan fingerprint density at radius 2 is 0.884 bits per heavy atom. The third kappa shape index (κ3) is 4.82. The molecule has 0 radical (unpaired) electrons. The molecule has 1 atom stereocenters. The van der Waals surface area contributed by atoms with Gasteiger partial charge in [0, 0.05) is 39.7 Å². The molecule has 4 heteroatoms. The summed E-state index contributed by atoms with van der Waals surface area (Å²) in [6.07, 6.45) is 2.14. The average molecular weight is 584 g/mol. The number of allylic oxidation sites excluding steroid dienone is 4. The van der Waals surface area contributed by atoms with E-state index in [2.05, 4.69) is 166 Å². The number of anilines is 3. The van der Waals surface area contributed by atoms with E-state index >= 15 is 0 Å². The number of rotatable bonds is 6. The zero-order chi connectivity index (χ0) is 30.5. The van der Waals surface area contributed by atoms with Gasteiger partial charge in [-0.15, -0.1) is 0 Å². The number of nitrogens with zero attached hydrogens (tertiary/aromatic N) is 3. The van der Waals surface area contributed by atoms with Crippen molar-refractivity contribution in [3.05, 3.63) is 148 Å². The van der Waals surface area contributed by atoms with Gasteiger partial charge in [-0.25, -0.2) is 0 Å². The summed E-state index contributed by atoms with van der Waals surface area (Å²) >= 11 is 0. The van der Waals surface area contributed by atoms with Crippen LogP contribution >= 0.6 is 0 Å². The van der Waals surface area contributed by atoms with Crippen LogP contribution < -0.4 is 13.7 Å². The third-order valence-electron chi connectivity index (χ3n) is 9.66. The van der Waals surface area contributed by atoms with Gasteiger partial charge in [-0.3, -0.25) is 0 Å². The standard InChI is InChI=1S/C39H45N3Si/c1-27-13-9-17-35(23-27)21-22-39-31(5)32(6)40(36-18-10-14-28(2)24-36)43(39)41(37-19-11-15-29(3)25-37)33(7)34(8)42(43)38-20-12-16-30(4)26-38/h9-20,23-26,39H,21-22H2,1-8H3. The van der Waals surface area contributed by atoms with Crippen LogP contribution in [0, 0.1) is 27.7 Å². The van der Waals surface area contributed by atoms with Gasteiger partial charge in [-0.1, -0.05) is 66.2 Å². The molecular weight excluding hydrogens is 539 g/mol. The summed E-state index contributed by atoms with van der Waals surface area (Å²) in [5.41, 5.74) is 16.5. The first-order valence-electron chi connectivity index (χ1n) is 15.6. The van der Waals surface area contributed by atoms with Crippen LogP contribution in [0.5, 0.6) is 0 Å². The molecule has 4 aromatic rings. The van der Waals surface area contributed by atoms with Gasteiger partial charge in [-0.05, 0) is 132 Å². The Bertz CT molecular complexity index is 1620. The molecule has 0 fully saturated rings. The fourth-order valence-corrected chi connectivity index (χ4v) is 14.0. The lowest BCUT2D eigenvalue weighted by molar-refractivity contribution is 0.779. The van der Waals surface area contributed by atoms with Gasteiger partial charge in [0.05, 0.1) is 0 Å². The predicted octanol–water partition coefficient (Wildman–Crippen LogP) is 10.3. The maximum Gasteiger partial charge on any atom is 0.400 e. The highest BCUT2D eigenvalue weighted by Gasteiger charge is 2.67. The highest BCUT2D eigenvalue weighted by Crippen LogP contribution is 2.57. The molecule has 2 aliphatic heterocycles. The molecule has 1 unspecified atom stereocenters. The summed E-state index contributed by atoms with van der Waals surface area (Å²) in [7, 11) is -2.85. The van der Waals surface area contributed by atoms with Crippen LogP contribution in [0.15, 0.2) is 120 Å². The van der Waals surface area contributed by atoms with Crippen molar-refractivity contribution in [2.45, 2.75) is 73.8 Å². The number of benzene rings is 4. The maximum absolute atomic E-state index is 2.85. The Morgan fingerprint density at radius 1 is 0.488 bits per heavy atom. The molecule has 0 amide bonds. The monoisotopic (exact) mass is 583 g/mol. The molecule has 220 valence electrons. The molecule has 0 aromatic heterocycles. The quantitative estimate of drug-likeness (QED) is 0.209. The van der Waals surface area contributed by atoms with E-state index in [0.717, 1.165) is 12.8 Å². The van der Waals surface area contributed by atoms with Crippen molar-refractivity contribution in [2.24, 2.45) is 0 Å². The highest BCUT2D eigenvalue weighted by atomic mass is 28.4. The van der Waals surface area contributed by atoms with E-state index in [1.165, 1.54) is 67.5 Å². The summed E-state index contributed by atoms with van der Waals surface area (Å²) in [6.45, 7) is 18.3. The first-order chi connectivity index (χ1) is 20.6. The molecule has 2 heterocycles. The lowest BCUT2D eigenvalue weighted by Gasteiger charge is -2.51. The largest absolute Gasteiger partial charge is 0.400 e. The molecule has 0 N–H and O–H groups in total. The maximum atomic E-state index is 2.79. The van der Waals surface area contributed by atoms with Crippen LogP contribution in [-0.2, 0) is 6.42 Å². The number of hydrogen-bond acceptors (Lipinski definition) is 3. The Morgan fingerprint density at radius 3 is 1.30 bits per heavy atom. The van der Waals surface area contributed by atoms with Crippen LogP contribution in [0.2, 0.25) is 5.54 Å². The molecular formula is C39H45N3Si. The van der Waals surface area contributed by atoms with Gasteiger partial charge in [-0.2, -0.15) is 0 Å². The molecule has 0 aliphatic carbocycles. The molecule has 0 saturated carbocycles. The Labute approximate surface area is 260 Å². The van der Waals surface area contributed by atoms with Crippen molar-refractivity contribution in [3.8, 4) is 0 Å². The fourth-order valence-electron chi connectivity index (χ4n) is 7.59. The number of hydrogen-bond donors (Lipinski definition) is 0. The average Bonchev–Trinajstić information content (AvgIpc) is 3.32. The molecule has 4 aromatic carbocycles. The molecule has 6 rings (SSSR count). The van der Waals surface area contributed by atoms with Gasteiger partial charge in [0.25, 0.3) is 0 Å². The van der Waals surface area contributed by atoms with Crippen molar-refractivity contribution in [1.82, 2.24) is 0 Å². The summed E-state index contributed by atoms with van der Waals surface area (Å²) in [5, 5.41) is 0. The zero-order valence-corrected chi connectivity index (χ0v) is 28.1. The van der Waals surface area contributed by atoms with E-state index in [1.54, 1.807) is 0 Å². The lowest BCUT2D eigenvalue weighted by atomic mass is 10.0. The molecule has 3 nitrogen and oxygen atoms in total. The molecule has 1 spiro atoms. The van der Waals surface area contributed by atoms with Crippen LogP contribution in [0.1, 0.15) is 61.9 Å². The molecule has 0 saturated heterocycles. The molecule has 43 heavy (non-hydrogen) atoms. The lowest BCUT2D eigenvalue weighted by Crippen LogP contribution is -2.72. The fraction of sp³-hybridized carbons (Fsp3) is 0.282. The smallest absolute Gasteiger partial charge is 0.337 e. The third-order valence-corrected chi connectivity index (χ3v) is 15.1. The topological polar surface area (TPSA) is 9.72 Å². The second kappa shape index (κ2) is 11.2. The zero-order valence-electron chi connectivity index (χ0n) is 27.1. The van der Waals surface area contributed by atoms with Crippen molar-refractivity contribution in [2.75, 3.05) is 13.7 Å². The van der Waals surface area contributed by atoms with E-state index in [9.17, 15) is 0 Å². The Kier molecular flexibility index (Phi) is 7.60. The first kappa shape index (κ1) is 29.1. The summed E-state index contributed by atoms with van der Waals surface area (Å²) in [5.74, 6) is 0. The predicted molar refractivity (Wildman–Crippen MR) is 187 cm³/mol. The number of aryl methyl sites for hydroxylation is 5. The SMILES string of the molecule is CC1=C(C)N(c2cccc(C)c2)[Si]2(C1CCc1cccc(C)c1)N(c1cccc(C)c1)C(C)=C(C)N2c1cccc(C)c1. The second-order valence-electron chi connectivity index (χ2n) is 12.7. The van der Waals surface area contributed by atoms with Gasteiger partial charge >= 0.3 is 8.56 Å². The highest BCUT2D eigenvalue weighted by molar-refractivity contribution is 6.94. The Balaban J connectivity index is 1.66. The minimum atomic E-state index is -2.85. The van der Waals surface area contributed by atoms with Crippen molar-refractivity contribution in [1.29, 1.82) is 0 Å². The van der Waals surface area contributed by atoms with E-state index in [-0.39, 0.29) is 0 Å². The van der Waals surface area contributed by atoms with Gasteiger partial charge < -0.3 is 13.7 Å². The molecule has 2 aliphatic rings. The van der Waals surface area contributed by atoms with Crippen molar-refractivity contribution in [3.63, 3.8) is 0 Å². The van der Waals surface area contributed by atoms with Crippen LogP contribution in [-0.4, -0.2) is 8.56 Å². The van der Waals surface area contributed by atoms with Gasteiger partial charge in [0.15, 0.2) is 0 Å². The second-order valence-corrected chi connectivity index (χ2v) is 16.1. The summed E-state index contributed by atoms with van der Waals surface area (Å²) in [4.78, 5) is 0. The van der Waals surface area contributed by atoms with Gasteiger partial charge in [0.2, 0.25) is 0 Å². The summed E-state index contributed by atoms with van der Waals surface area (Å²) in [6, 6.07) is 36.6. The summed E-state index contributed by atoms with van der Waals surface area (Å²) < 4.78 is 8.38.